The number of rotatable bonds is 5. The molecule has 0 spiro atoms. The van der Waals surface area contributed by atoms with Crippen LogP contribution in [0.25, 0.3) is 0 Å². The molecule has 0 aromatic rings. The topological polar surface area (TPSA) is 83.5 Å². The predicted molar refractivity (Wildman–Crippen MR) is 44.3 cm³/mol. The van der Waals surface area contributed by atoms with Crippen molar-refractivity contribution in [2.75, 3.05) is 5.75 Å². The summed E-state index contributed by atoms with van der Waals surface area (Å²) >= 11 is 0. The zero-order valence-electron chi connectivity index (χ0n) is 7.07. The standard InChI is InChI=1S/C6H13NO4S/c1-3-5(6(8)9)7-12(10,11)4-2/h5,7H,3-4H2,1-2H3,(H,8,9). The van der Waals surface area contributed by atoms with Gasteiger partial charge in [-0.05, 0) is 13.3 Å². The molecule has 0 rings (SSSR count). The predicted octanol–water partition coefficient (Wildman–Crippen LogP) is -0.211. The average molecular weight is 195 g/mol. The van der Waals surface area contributed by atoms with Crippen LogP contribution in [-0.2, 0) is 14.8 Å². The van der Waals surface area contributed by atoms with Crippen LogP contribution in [0, 0.1) is 0 Å². The van der Waals surface area contributed by atoms with Gasteiger partial charge in [-0.15, -0.1) is 0 Å². The van der Waals surface area contributed by atoms with Crippen LogP contribution in [0.1, 0.15) is 20.3 Å². The van der Waals surface area contributed by atoms with E-state index in [1.807, 2.05) is 0 Å². The minimum absolute atomic E-state index is 0.100. The van der Waals surface area contributed by atoms with E-state index in [4.69, 9.17) is 5.11 Å². The molecule has 0 radical (unpaired) electrons. The Morgan fingerprint density at radius 1 is 1.50 bits per heavy atom. The van der Waals surface area contributed by atoms with Gasteiger partial charge >= 0.3 is 5.97 Å². The third-order valence-electron chi connectivity index (χ3n) is 1.41. The van der Waals surface area contributed by atoms with Gasteiger partial charge in [-0.3, -0.25) is 4.79 Å². The fourth-order valence-corrected chi connectivity index (χ4v) is 1.48. The minimum Gasteiger partial charge on any atom is -0.480 e. The van der Waals surface area contributed by atoms with Crippen molar-refractivity contribution in [3.8, 4) is 0 Å². The molecule has 0 saturated heterocycles. The summed E-state index contributed by atoms with van der Waals surface area (Å²) in [5.74, 6) is -1.24. The number of hydrogen-bond donors (Lipinski definition) is 2. The molecule has 0 aliphatic heterocycles. The van der Waals surface area contributed by atoms with E-state index in [1.54, 1.807) is 6.92 Å². The zero-order valence-corrected chi connectivity index (χ0v) is 7.89. The Morgan fingerprint density at radius 3 is 2.25 bits per heavy atom. The fraction of sp³-hybridized carbons (Fsp3) is 0.833. The highest BCUT2D eigenvalue weighted by Gasteiger charge is 2.20. The molecule has 2 N–H and O–H groups in total. The molecule has 0 fully saturated rings. The van der Waals surface area contributed by atoms with Crippen LogP contribution in [0.2, 0.25) is 0 Å². The maximum absolute atomic E-state index is 10.9. The highest BCUT2D eigenvalue weighted by Crippen LogP contribution is 1.94. The number of carboxylic acids is 1. The maximum Gasteiger partial charge on any atom is 0.321 e. The summed E-state index contributed by atoms with van der Waals surface area (Å²) < 4.78 is 23.9. The van der Waals surface area contributed by atoms with E-state index in [-0.39, 0.29) is 12.2 Å². The fourth-order valence-electron chi connectivity index (χ4n) is 0.608. The first-order valence-electron chi connectivity index (χ1n) is 3.65. The Hall–Kier alpha value is -0.620. The Bertz CT molecular complexity index is 246. The molecule has 0 aromatic carbocycles. The summed E-state index contributed by atoms with van der Waals surface area (Å²) in [4.78, 5) is 10.4. The van der Waals surface area contributed by atoms with Gasteiger partial charge in [0.15, 0.2) is 0 Å². The molecule has 0 aliphatic carbocycles. The third-order valence-corrected chi connectivity index (χ3v) is 2.81. The van der Waals surface area contributed by atoms with Crippen LogP contribution in [0.5, 0.6) is 0 Å². The SMILES string of the molecule is CCC(NS(=O)(=O)CC)C(=O)O. The molecule has 72 valence electrons. The number of nitrogens with one attached hydrogen (secondary N) is 1. The van der Waals surface area contributed by atoms with Gasteiger partial charge in [0.2, 0.25) is 10.0 Å². The van der Waals surface area contributed by atoms with E-state index >= 15 is 0 Å². The molecule has 0 bridgehead atoms. The van der Waals surface area contributed by atoms with E-state index < -0.39 is 22.0 Å². The van der Waals surface area contributed by atoms with Gasteiger partial charge in [0, 0.05) is 0 Å². The van der Waals surface area contributed by atoms with Crippen LogP contribution >= 0.6 is 0 Å². The lowest BCUT2D eigenvalue weighted by Gasteiger charge is -2.10. The largest absolute Gasteiger partial charge is 0.480 e. The molecule has 0 amide bonds. The van der Waals surface area contributed by atoms with Crippen LogP contribution < -0.4 is 4.72 Å². The van der Waals surface area contributed by atoms with Gasteiger partial charge in [0.25, 0.3) is 0 Å². The Labute approximate surface area is 71.8 Å². The second-order valence-corrected chi connectivity index (χ2v) is 4.36. The molecule has 0 heterocycles. The summed E-state index contributed by atoms with van der Waals surface area (Å²) in [5, 5.41) is 8.51. The van der Waals surface area contributed by atoms with Crippen molar-refractivity contribution in [1.82, 2.24) is 4.72 Å². The van der Waals surface area contributed by atoms with Gasteiger partial charge in [-0.25, -0.2) is 13.1 Å². The molecule has 0 saturated carbocycles. The van der Waals surface area contributed by atoms with Crippen molar-refractivity contribution in [2.45, 2.75) is 26.3 Å². The van der Waals surface area contributed by atoms with Crippen LogP contribution in [-0.4, -0.2) is 31.3 Å². The van der Waals surface area contributed by atoms with E-state index in [2.05, 4.69) is 4.72 Å². The quantitative estimate of drug-likeness (QED) is 0.635. The van der Waals surface area contributed by atoms with Crippen molar-refractivity contribution in [2.24, 2.45) is 0 Å². The average Bonchev–Trinajstić information content (AvgIpc) is 2.00. The molecule has 0 aromatic heterocycles. The van der Waals surface area contributed by atoms with Crippen LogP contribution in [0.15, 0.2) is 0 Å². The normalized spacial score (nSPS) is 14.2. The van der Waals surface area contributed by atoms with Crippen molar-refractivity contribution in [3.05, 3.63) is 0 Å². The third kappa shape index (κ3) is 3.68. The molecule has 5 nitrogen and oxygen atoms in total. The summed E-state index contributed by atoms with van der Waals surface area (Å²) in [5.41, 5.74) is 0. The van der Waals surface area contributed by atoms with Gasteiger partial charge in [0.05, 0.1) is 5.75 Å². The van der Waals surface area contributed by atoms with Gasteiger partial charge < -0.3 is 5.11 Å². The van der Waals surface area contributed by atoms with Crippen molar-refractivity contribution >= 4 is 16.0 Å². The highest BCUT2D eigenvalue weighted by atomic mass is 32.2. The van der Waals surface area contributed by atoms with Gasteiger partial charge in [-0.1, -0.05) is 6.92 Å². The van der Waals surface area contributed by atoms with Crippen molar-refractivity contribution in [1.29, 1.82) is 0 Å². The Kier molecular flexibility index (Phi) is 4.19. The molecular weight excluding hydrogens is 182 g/mol. The van der Waals surface area contributed by atoms with E-state index in [9.17, 15) is 13.2 Å². The van der Waals surface area contributed by atoms with Gasteiger partial charge in [-0.2, -0.15) is 0 Å². The Balaban J connectivity index is 4.32. The number of aliphatic carboxylic acids is 1. The highest BCUT2D eigenvalue weighted by molar-refractivity contribution is 7.89. The lowest BCUT2D eigenvalue weighted by atomic mass is 10.2. The van der Waals surface area contributed by atoms with E-state index in [0.717, 1.165) is 0 Å². The number of hydrogen-bond acceptors (Lipinski definition) is 3. The van der Waals surface area contributed by atoms with Crippen LogP contribution in [0.3, 0.4) is 0 Å². The number of carbonyl (C=O) groups is 1. The smallest absolute Gasteiger partial charge is 0.321 e. The molecule has 6 heteroatoms. The molecule has 1 unspecified atom stereocenters. The molecule has 0 aliphatic rings. The summed E-state index contributed by atoms with van der Waals surface area (Å²) in [6.45, 7) is 3.06. The second kappa shape index (κ2) is 4.42. The maximum atomic E-state index is 10.9. The molecular formula is C6H13NO4S. The number of sulfonamides is 1. The molecule has 12 heavy (non-hydrogen) atoms. The first-order chi connectivity index (χ1) is 5.43. The van der Waals surface area contributed by atoms with Crippen molar-refractivity contribution in [3.63, 3.8) is 0 Å². The minimum atomic E-state index is -3.41. The van der Waals surface area contributed by atoms with Crippen LogP contribution in [0.4, 0.5) is 0 Å². The first kappa shape index (κ1) is 11.4. The monoisotopic (exact) mass is 195 g/mol. The zero-order chi connectivity index (χ0) is 9.78. The first-order valence-corrected chi connectivity index (χ1v) is 5.31. The summed E-state index contributed by atoms with van der Waals surface area (Å²) in [6.07, 6.45) is 0.245. The van der Waals surface area contributed by atoms with Gasteiger partial charge in [0.1, 0.15) is 6.04 Å². The van der Waals surface area contributed by atoms with E-state index in [1.165, 1.54) is 6.92 Å². The lowest BCUT2D eigenvalue weighted by Crippen LogP contribution is -2.40. The van der Waals surface area contributed by atoms with E-state index in [0.29, 0.717) is 0 Å². The lowest BCUT2D eigenvalue weighted by molar-refractivity contribution is -0.139. The second-order valence-electron chi connectivity index (χ2n) is 2.32. The van der Waals surface area contributed by atoms with Crippen molar-refractivity contribution < 1.29 is 18.3 Å². The Morgan fingerprint density at radius 2 is 2.00 bits per heavy atom. The number of carboxylic acid groups (broad SMARTS) is 1. The molecule has 1 atom stereocenters. The summed E-state index contributed by atoms with van der Waals surface area (Å²) in [7, 11) is -3.41. The summed E-state index contributed by atoms with van der Waals surface area (Å²) in [6, 6.07) is -1.00.